The molecule has 0 atom stereocenters. The van der Waals surface area contributed by atoms with Crippen LogP contribution in [0.25, 0.3) is 0 Å². The van der Waals surface area contributed by atoms with Crippen molar-refractivity contribution in [1.82, 2.24) is 4.90 Å². The highest BCUT2D eigenvalue weighted by Crippen LogP contribution is 2.20. The second-order valence-corrected chi connectivity index (χ2v) is 4.66. The molecule has 0 radical (unpaired) electrons. The summed E-state index contributed by atoms with van der Waals surface area (Å²) in [6.45, 7) is 3.36. The third kappa shape index (κ3) is 3.24. The number of benzene rings is 1. The minimum atomic E-state index is -1.00. The third-order valence-electron chi connectivity index (χ3n) is 3.25. The first-order chi connectivity index (χ1) is 9.08. The predicted molar refractivity (Wildman–Crippen MR) is 69.4 cm³/mol. The normalized spacial score (nSPS) is 14.5. The summed E-state index contributed by atoms with van der Waals surface area (Å²) >= 11 is 0. The van der Waals surface area contributed by atoms with Crippen LogP contribution in [0, 0.1) is 6.92 Å². The van der Waals surface area contributed by atoms with E-state index in [2.05, 4.69) is 0 Å². The molecule has 5 nitrogen and oxygen atoms in total. The fourth-order valence-electron chi connectivity index (χ4n) is 2.09. The van der Waals surface area contributed by atoms with Gasteiger partial charge < -0.3 is 14.7 Å². The molecule has 0 unspecified atom stereocenters. The average molecular weight is 263 g/mol. The lowest BCUT2D eigenvalue weighted by Gasteiger charge is -2.16. The Morgan fingerprint density at radius 1 is 1.32 bits per heavy atom. The van der Waals surface area contributed by atoms with Gasteiger partial charge in [-0.15, -0.1) is 0 Å². The van der Waals surface area contributed by atoms with Crippen LogP contribution in [0.15, 0.2) is 18.2 Å². The van der Waals surface area contributed by atoms with E-state index < -0.39 is 5.97 Å². The fraction of sp³-hybridized carbons (Fsp3) is 0.429. The number of likely N-dealkylation sites (tertiary alicyclic amines) is 1. The molecule has 1 aliphatic heterocycles. The number of aromatic carboxylic acids is 1. The minimum absolute atomic E-state index is 0.0378. The number of hydrogen-bond acceptors (Lipinski definition) is 3. The van der Waals surface area contributed by atoms with Gasteiger partial charge in [-0.25, -0.2) is 4.79 Å². The van der Waals surface area contributed by atoms with E-state index in [1.54, 1.807) is 11.0 Å². The van der Waals surface area contributed by atoms with Crippen molar-refractivity contribution in [3.05, 3.63) is 29.3 Å². The Morgan fingerprint density at radius 3 is 2.63 bits per heavy atom. The van der Waals surface area contributed by atoms with Crippen molar-refractivity contribution in [3.8, 4) is 5.75 Å². The average Bonchev–Trinajstić information content (AvgIpc) is 2.91. The van der Waals surface area contributed by atoms with E-state index in [0.29, 0.717) is 5.75 Å². The number of carbonyl (C=O) groups excluding carboxylic acids is 1. The van der Waals surface area contributed by atoms with Crippen LogP contribution >= 0.6 is 0 Å². The van der Waals surface area contributed by atoms with Crippen molar-refractivity contribution in [1.29, 1.82) is 0 Å². The maximum atomic E-state index is 11.8. The van der Waals surface area contributed by atoms with Gasteiger partial charge in [0.25, 0.3) is 5.91 Å². The zero-order chi connectivity index (χ0) is 13.8. The van der Waals surface area contributed by atoms with Gasteiger partial charge in [0.2, 0.25) is 0 Å². The second-order valence-electron chi connectivity index (χ2n) is 4.66. The van der Waals surface area contributed by atoms with Crippen LogP contribution in [0.5, 0.6) is 5.75 Å². The highest BCUT2D eigenvalue weighted by molar-refractivity contribution is 5.88. The summed E-state index contributed by atoms with van der Waals surface area (Å²) in [5, 5.41) is 8.92. The molecule has 1 amide bonds. The molecule has 2 rings (SSSR count). The molecule has 0 aliphatic carbocycles. The standard InChI is InChI=1S/C14H17NO4/c1-10-4-5-11(14(17)18)8-12(10)19-9-13(16)15-6-2-3-7-15/h4-5,8H,2-3,6-7,9H2,1H3,(H,17,18). The summed E-state index contributed by atoms with van der Waals surface area (Å²) in [6, 6.07) is 4.65. The first kappa shape index (κ1) is 13.4. The molecule has 19 heavy (non-hydrogen) atoms. The zero-order valence-corrected chi connectivity index (χ0v) is 10.9. The SMILES string of the molecule is Cc1ccc(C(=O)O)cc1OCC(=O)N1CCCC1. The van der Waals surface area contributed by atoms with Crippen molar-refractivity contribution in [3.63, 3.8) is 0 Å². The molecule has 0 saturated carbocycles. The smallest absolute Gasteiger partial charge is 0.335 e. The predicted octanol–water partition coefficient (Wildman–Crippen LogP) is 1.69. The van der Waals surface area contributed by atoms with E-state index >= 15 is 0 Å². The largest absolute Gasteiger partial charge is 0.483 e. The van der Waals surface area contributed by atoms with Crippen LogP contribution in [0.4, 0.5) is 0 Å². The Balaban J connectivity index is 2.00. The molecule has 1 heterocycles. The fourth-order valence-corrected chi connectivity index (χ4v) is 2.09. The lowest BCUT2D eigenvalue weighted by Crippen LogP contribution is -2.32. The molecule has 5 heteroatoms. The molecule has 102 valence electrons. The van der Waals surface area contributed by atoms with Crippen LogP contribution < -0.4 is 4.74 Å². The number of carboxylic acids is 1. The van der Waals surface area contributed by atoms with E-state index in [9.17, 15) is 9.59 Å². The van der Waals surface area contributed by atoms with Crippen LogP contribution in [0.2, 0.25) is 0 Å². The molecular weight excluding hydrogens is 246 g/mol. The van der Waals surface area contributed by atoms with E-state index in [0.717, 1.165) is 31.5 Å². The van der Waals surface area contributed by atoms with Gasteiger partial charge >= 0.3 is 5.97 Å². The molecule has 1 aliphatic rings. The Morgan fingerprint density at radius 2 is 2.00 bits per heavy atom. The summed E-state index contributed by atoms with van der Waals surface area (Å²) in [7, 11) is 0. The van der Waals surface area contributed by atoms with Gasteiger partial charge in [-0.05, 0) is 37.5 Å². The van der Waals surface area contributed by atoms with Crippen molar-refractivity contribution in [2.45, 2.75) is 19.8 Å². The number of nitrogens with zero attached hydrogens (tertiary/aromatic N) is 1. The number of rotatable bonds is 4. The number of carboxylic acid groups (broad SMARTS) is 1. The highest BCUT2D eigenvalue weighted by Gasteiger charge is 2.18. The number of hydrogen-bond donors (Lipinski definition) is 1. The molecule has 1 fully saturated rings. The van der Waals surface area contributed by atoms with Crippen molar-refractivity contribution >= 4 is 11.9 Å². The molecule has 1 saturated heterocycles. The van der Waals surface area contributed by atoms with E-state index in [1.807, 2.05) is 6.92 Å². The van der Waals surface area contributed by atoms with E-state index in [4.69, 9.17) is 9.84 Å². The van der Waals surface area contributed by atoms with Crippen LogP contribution in [-0.4, -0.2) is 41.6 Å². The molecule has 0 aromatic heterocycles. The number of amides is 1. The van der Waals surface area contributed by atoms with E-state index in [-0.39, 0.29) is 18.1 Å². The van der Waals surface area contributed by atoms with Gasteiger partial charge in [-0.1, -0.05) is 6.07 Å². The monoisotopic (exact) mass is 263 g/mol. The van der Waals surface area contributed by atoms with Crippen molar-refractivity contribution in [2.75, 3.05) is 19.7 Å². The molecular formula is C14H17NO4. The second kappa shape index (κ2) is 5.73. The van der Waals surface area contributed by atoms with Gasteiger partial charge in [0.15, 0.2) is 6.61 Å². The molecule has 0 spiro atoms. The minimum Gasteiger partial charge on any atom is -0.483 e. The van der Waals surface area contributed by atoms with Crippen molar-refractivity contribution < 1.29 is 19.4 Å². The molecule has 1 N–H and O–H groups in total. The van der Waals surface area contributed by atoms with Crippen LogP contribution in [-0.2, 0) is 4.79 Å². The first-order valence-electron chi connectivity index (χ1n) is 6.32. The first-order valence-corrected chi connectivity index (χ1v) is 6.32. The third-order valence-corrected chi connectivity index (χ3v) is 3.25. The van der Waals surface area contributed by atoms with Gasteiger partial charge in [0, 0.05) is 13.1 Å². The lowest BCUT2D eigenvalue weighted by atomic mass is 10.1. The highest BCUT2D eigenvalue weighted by atomic mass is 16.5. The van der Waals surface area contributed by atoms with Gasteiger partial charge in [-0.2, -0.15) is 0 Å². The number of ether oxygens (including phenoxy) is 1. The van der Waals surface area contributed by atoms with Gasteiger partial charge in [0.1, 0.15) is 5.75 Å². The van der Waals surface area contributed by atoms with Crippen molar-refractivity contribution in [2.24, 2.45) is 0 Å². The van der Waals surface area contributed by atoms with Crippen LogP contribution in [0.1, 0.15) is 28.8 Å². The number of aryl methyl sites for hydroxylation is 1. The van der Waals surface area contributed by atoms with Crippen LogP contribution in [0.3, 0.4) is 0 Å². The molecule has 1 aromatic rings. The van der Waals surface area contributed by atoms with Gasteiger partial charge in [-0.3, -0.25) is 4.79 Å². The quantitative estimate of drug-likeness (QED) is 0.897. The summed E-state index contributed by atoms with van der Waals surface area (Å²) in [5.41, 5.74) is 0.980. The Kier molecular flexibility index (Phi) is 4.04. The summed E-state index contributed by atoms with van der Waals surface area (Å²) in [6.07, 6.45) is 2.08. The lowest BCUT2D eigenvalue weighted by molar-refractivity contribution is -0.132. The number of carbonyl (C=O) groups is 2. The van der Waals surface area contributed by atoms with E-state index in [1.165, 1.54) is 12.1 Å². The Labute approximate surface area is 111 Å². The Bertz CT molecular complexity index is 492. The Hall–Kier alpha value is -2.04. The maximum Gasteiger partial charge on any atom is 0.335 e. The summed E-state index contributed by atoms with van der Waals surface area (Å²) in [5.74, 6) is -0.596. The summed E-state index contributed by atoms with van der Waals surface area (Å²) in [4.78, 5) is 24.5. The van der Waals surface area contributed by atoms with Gasteiger partial charge in [0.05, 0.1) is 5.56 Å². The zero-order valence-electron chi connectivity index (χ0n) is 10.9. The topological polar surface area (TPSA) is 66.8 Å². The molecule has 1 aromatic carbocycles. The molecule has 0 bridgehead atoms. The summed E-state index contributed by atoms with van der Waals surface area (Å²) < 4.78 is 5.45. The maximum absolute atomic E-state index is 11.8.